The number of rotatable bonds is 10. The normalized spacial score (nSPS) is 18.3. The second kappa shape index (κ2) is 10.1. The van der Waals surface area contributed by atoms with Gasteiger partial charge in [-0.15, -0.1) is 0 Å². The number of fused-ring (bicyclic) bond motifs is 1. The summed E-state index contributed by atoms with van der Waals surface area (Å²) in [7, 11) is 0. The zero-order chi connectivity index (χ0) is 19.7. The summed E-state index contributed by atoms with van der Waals surface area (Å²) in [5, 5.41) is 8.97. The van der Waals surface area contributed by atoms with E-state index < -0.39 is 5.60 Å². The summed E-state index contributed by atoms with van der Waals surface area (Å²) in [5.74, 6) is 0.535. The molecular formula is C22H29NO4. The van der Waals surface area contributed by atoms with Gasteiger partial charge in [-0.2, -0.15) is 5.26 Å². The van der Waals surface area contributed by atoms with E-state index in [0.717, 1.165) is 44.9 Å². The molecule has 0 aromatic heterocycles. The maximum atomic E-state index is 12.5. The van der Waals surface area contributed by atoms with Crippen molar-refractivity contribution in [2.24, 2.45) is 0 Å². The average molecular weight is 371 g/mol. The molecule has 5 heteroatoms. The van der Waals surface area contributed by atoms with Crippen molar-refractivity contribution in [1.29, 1.82) is 5.26 Å². The second-order valence-electron chi connectivity index (χ2n) is 7.40. The highest BCUT2D eigenvalue weighted by molar-refractivity contribution is 6.00. The van der Waals surface area contributed by atoms with E-state index in [0.29, 0.717) is 36.3 Å². The van der Waals surface area contributed by atoms with Gasteiger partial charge in [-0.3, -0.25) is 9.59 Å². The molecule has 2 rings (SSSR count). The van der Waals surface area contributed by atoms with Crippen molar-refractivity contribution in [3.63, 3.8) is 0 Å². The topological polar surface area (TPSA) is 76.4 Å². The molecule has 0 fully saturated rings. The number of hydrogen-bond acceptors (Lipinski definition) is 5. The Morgan fingerprint density at radius 3 is 2.63 bits per heavy atom. The third kappa shape index (κ3) is 6.39. The predicted octanol–water partition coefficient (Wildman–Crippen LogP) is 4.97. The molecule has 0 saturated heterocycles. The first-order valence-corrected chi connectivity index (χ1v) is 9.89. The molecule has 0 bridgehead atoms. The molecule has 0 N–H and O–H groups in total. The number of carbonyl (C=O) groups is 2. The van der Waals surface area contributed by atoms with Crippen LogP contribution in [0.15, 0.2) is 18.2 Å². The molecule has 27 heavy (non-hydrogen) atoms. The Morgan fingerprint density at radius 2 is 1.93 bits per heavy atom. The van der Waals surface area contributed by atoms with Crippen LogP contribution in [-0.4, -0.2) is 24.0 Å². The van der Waals surface area contributed by atoms with E-state index in [2.05, 4.69) is 6.07 Å². The minimum atomic E-state index is -0.470. The molecule has 0 saturated carbocycles. The van der Waals surface area contributed by atoms with Crippen molar-refractivity contribution in [2.45, 2.75) is 77.2 Å². The number of benzene rings is 1. The number of hydrogen-bond donors (Lipinski definition) is 0. The second-order valence-corrected chi connectivity index (χ2v) is 7.40. The number of esters is 1. The van der Waals surface area contributed by atoms with E-state index >= 15 is 0 Å². The summed E-state index contributed by atoms with van der Waals surface area (Å²) in [5.41, 5.74) is 0.535. The van der Waals surface area contributed by atoms with E-state index in [9.17, 15) is 9.59 Å². The monoisotopic (exact) mass is 371 g/mol. The largest absolute Gasteiger partial charge is 0.486 e. The first-order valence-electron chi connectivity index (χ1n) is 9.89. The first kappa shape index (κ1) is 21.0. The van der Waals surface area contributed by atoms with Gasteiger partial charge in [0.2, 0.25) is 0 Å². The van der Waals surface area contributed by atoms with Crippen LogP contribution in [0.3, 0.4) is 0 Å². The van der Waals surface area contributed by atoms with Crippen molar-refractivity contribution in [2.75, 3.05) is 6.61 Å². The van der Waals surface area contributed by atoms with Crippen molar-refractivity contribution in [1.82, 2.24) is 0 Å². The number of unbranched alkanes of at least 4 members (excludes halogenated alkanes) is 5. The fourth-order valence-electron chi connectivity index (χ4n) is 3.49. The van der Waals surface area contributed by atoms with Gasteiger partial charge in [-0.25, -0.2) is 0 Å². The summed E-state index contributed by atoms with van der Waals surface area (Å²) in [6.45, 7) is 4.27. The maximum absolute atomic E-state index is 12.5. The van der Waals surface area contributed by atoms with Crippen LogP contribution in [0.25, 0.3) is 0 Å². The van der Waals surface area contributed by atoms with Crippen molar-refractivity contribution < 1.29 is 19.1 Å². The third-order valence-corrected chi connectivity index (χ3v) is 4.94. The Hall–Kier alpha value is -2.35. The molecular weight excluding hydrogens is 342 g/mol. The summed E-state index contributed by atoms with van der Waals surface area (Å²) in [6, 6.07) is 7.10. The molecule has 5 nitrogen and oxygen atoms in total. The van der Waals surface area contributed by atoms with Gasteiger partial charge in [0.05, 0.1) is 30.2 Å². The Bertz CT molecular complexity index is 707. The molecule has 1 aromatic rings. The number of Topliss-reactive ketones (excluding diaryl/α,β-unsaturated/α-hetero) is 1. The molecule has 0 amide bonds. The van der Waals surface area contributed by atoms with Crippen LogP contribution in [0.1, 0.15) is 87.6 Å². The van der Waals surface area contributed by atoms with Crippen LogP contribution in [0, 0.1) is 11.3 Å². The number of carbonyl (C=O) groups excluding carboxylic acids is 2. The number of nitriles is 1. The average Bonchev–Trinajstić information content (AvgIpc) is 2.64. The van der Waals surface area contributed by atoms with Crippen molar-refractivity contribution >= 4 is 11.8 Å². The molecule has 1 aliphatic rings. The van der Waals surface area contributed by atoms with Crippen molar-refractivity contribution in [3.05, 3.63) is 29.3 Å². The third-order valence-electron chi connectivity index (χ3n) is 4.94. The first-order chi connectivity index (χ1) is 13.0. The molecule has 1 aromatic carbocycles. The quantitative estimate of drug-likeness (QED) is 0.429. The Balaban J connectivity index is 1.68. The van der Waals surface area contributed by atoms with Crippen LogP contribution < -0.4 is 4.74 Å². The van der Waals surface area contributed by atoms with Gasteiger partial charge in [0.15, 0.2) is 5.78 Å². The van der Waals surface area contributed by atoms with E-state index in [4.69, 9.17) is 14.7 Å². The summed E-state index contributed by atoms with van der Waals surface area (Å²) < 4.78 is 11.0. The van der Waals surface area contributed by atoms with E-state index in [1.54, 1.807) is 18.2 Å². The predicted molar refractivity (Wildman–Crippen MR) is 103 cm³/mol. The Morgan fingerprint density at radius 1 is 1.22 bits per heavy atom. The molecule has 1 aliphatic heterocycles. The Labute approximate surface area is 161 Å². The van der Waals surface area contributed by atoms with Gasteiger partial charge < -0.3 is 9.47 Å². The van der Waals surface area contributed by atoms with E-state index in [1.807, 2.05) is 13.8 Å². The van der Waals surface area contributed by atoms with E-state index in [-0.39, 0.29) is 11.8 Å². The van der Waals surface area contributed by atoms with Gasteiger partial charge in [0.1, 0.15) is 11.4 Å². The molecule has 0 spiro atoms. The lowest BCUT2D eigenvalue weighted by Gasteiger charge is -2.35. The summed E-state index contributed by atoms with van der Waals surface area (Å²) in [6.07, 6.45) is 7.95. The van der Waals surface area contributed by atoms with E-state index in [1.165, 1.54) is 0 Å². The minimum Gasteiger partial charge on any atom is -0.486 e. The zero-order valence-corrected chi connectivity index (χ0v) is 16.4. The highest BCUT2D eigenvalue weighted by atomic mass is 16.5. The van der Waals surface area contributed by atoms with Gasteiger partial charge in [0.25, 0.3) is 0 Å². The fourth-order valence-corrected chi connectivity index (χ4v) is 3.49. The van der Waals surface area contributed by atoms with Gasteiger partial charge in [0, 0.05) is 6.42 Å². The molecule has 0 aliphatic carbocycles. The SMILES string of the molecule is CCOC(=O)CCCCCCCCC1(C)CC(=O)c2cc(C#N)ccc2O1. The smallest absolute Gasteiger partial charge is 0.305 e. The highest BCUT2D eigenvalue weighted by Crippen LogP contribution is 2.36. The standard InChI is InChI=1S/C22H29NO4/c1-3-26-21(25)10-8-6-4-5-7-9-13-22(2)15-19(24)18-14-17(16-23)11-12-20(18)27-22/h11-12,14H,3-10,13,15H2,1-2H3. The lowest BCUT2D eigenvalue weighted by atomic mass is 9.86. The number of nitrogens with zero attached hydrogens (tertiary/aromatic N) is 1. The lowest BCUT2D eigenvalue weighted by molar-refractivity contribution is -0.143. The van der Waals surface area contributed by atoms with Crippen LogP contribution in [0.4, 0.5) is 0 Å². The molecule has 1 unspecified atom stereocenters. The summed E-state index contributed by atoms with van der Waals surface area (Å²) in [4.78, 5) is 23.7. The van der Waals surface area contributed by atoms with Crippen LogP contribution in [-0.2, 0) is 9.53 Å². The van der Waals surface area contributed by atoms with Crippen molar-refractivity contribution in [3.8, 4) is 11.8 Å². The molecule has 0 radical (unpaired) electrons. The molecule has 1 atom stereocenters. The summed E-state index contributed by atoms with van der Waals surface area (Å²) >= 11 is 0. The molecule has 1 heterocycles. The molecule has 146 valence electrons. The zero-order valence-electron chi connectivity index (χ0n) is 16.4. The lowest BCUT2D eigenvalue weighted by Crippen LogP contribution is -2.39. The number of ether oxygens (including phenoxy) is 2. The Kier molecular flexibility index (Phi) is 7.84. The highest BCUT2D eigenvalue weighted by Gasteiger charge is 2.36. The van der Waals surface area contributed by atoms with Crippen LogP contribution in [0.5, 0.6) is 5.75 Å². The van der Waals surface area contributed by atoms with Crippen LogP contribution >= 0.6 is 0 Å². The minimum absolute atomic E-state index is 0.0508. The fraction of sp³-hybridized carbons (Fsp3) is 0.591. The number of ketones is 1. The van der Waals surface area contributed by atoms with Gasteiger partial charge >= 0.3 is 5.97 Å². The van der Waals surface area contributed by atoms with Gasteiger partial charge in [-0.05, 0) is 51.3 Å². The van der Waals surface area contributed by atoms with Gasteiger partial charge in [-0.1, -0.05) is 25.7 Å². The maximum Gasteiger partial charge on any atom is 0.305 e. The van der Waals surface area contributed by atoms with Crippen LogP contribution in [0.2, 0.25) is 0 Å².